The molecule has 1 atom stereocenters. The van der Waals surface area contributed by atoms with Gasteiger partial charge >= 0.3 is 6.09 Å². The summed E-state index contributed by atoms with van der Waals surface area (Å²) in [7, 11) is 0. The maximum absolute atomic E-state index is 11.1. The van der Waals surface area contributed by atoms with E-state index in [-0.39, 0.29) is 17.7 Å². The molecule has 0 aromatic carbocycles. The molecule has 1 saturated heterocycles. The van der Waals surface area contributed by atoms with E-state index in [1.165, 1.54) is 0 Å². The Morgan fingerprint density at radius 3 is 2.36 bits per heavy atom. The van der Waals surface area contributed by atoms with Crippen LogP contribution in [0.2, 0.25) is 0 Å². The second-order valence-electron chi connectivity index (χ2n) is 5.80. The van der Waals surface area contributed by atoms with Crippen molar-refractivity contribution in [2.24, 2.45) is 11.3 Å². The van der Waals surface area contributed by atoms with Crippen LogP contribution in [-0.4, -0.2) is 17.7 Å². The molecule has 1 saturated carbocycles. The lowest BCUT2D eigenvalue weighted by Gasteiger charge is -2.51. The lowest BCUT2D eigenvalue weighted by Crippen LogP contribution is -2.59. The highest BCUT2D eigenvalue weighted by atomic mass is 16.6. The predicted octanol–water partition coefficient (Wildman–Crippen LogP) is 2.31. The quantitative estimate of drug-likeness (QED) is 0.647. The van der Waals surface area contributed by atoms with Crippen LogP contribution in [0.5, 0.6) is 0 Å². The highest BCUT2D eigenvalue weighted by Crippen LogP contribution is 2.51. The van der Waals surface area contributed by atoms with E-state index in [1.54, 1.807) is 0 Å². The fourth-order valence-electron chi connectivity index (χ4n) is 2.47. The van der Waals surface area contributed by atoms with Gasteiger partial charge < -0.3 is 10.1 Å². The molecular formula is C11H19NO2. The minimum atomic E-state index is -0.246. The molecule has 0 radical (unpaired) electrons. The molecule has 3 nitrogen and oxygen atoms in total. The normalized spacial score (nSPS) is 41.9. The van der Waals surface area contributed by atoms with Crippen LogP contribution in [0.1, 0.15) is 40.5 Å². The minimum Gasteiger partial charge on any atom is -0.444 e. The van der Waals surface area contributed by atoms with Crippen LogP contribution in [0.25, 0.3) is 0 Å². The number of amides is 1. The van der Waals surface area contributed by atoms with E-state index in [4.69, 9.17) is 4.74 Å². The zero-order valence-electron chi connectivity index (χ0n) is 9.39. The lowest BCUT2D eigenvalue weighted by molar-refractivity contribution is -0.00464. The summed E-state index contributed by atoms with van der Waals surface area (Å²) in [5, 5.41) is 2.96. The Morgan fingerprint density at radius 1 is 1.43 bits per heavy atom. The fourth-order valence-corrected chi connectivity index (χ4v) is 2.47. The number of cyclic esters (lactones) is 1. The Bertz CT molecular complexity index is 261. The van der Waals surface area contributed by atoms with Crippen LogP contribution in [0.15, 0.2) is 0 Å². The summed E-state index contributed by atoms with van der Waals surface area (Å²) < 4.78 is 5.13. The monoisotopic (exact) mass is 197 g/mol. The number of alkyl carbamates (subject to hydrolysis) is 1. The van der Waals surface area contributed by atoms with Crippen LogP contribution < -0.4 is 5.32 Å². The van der Waals surface area contributed by atoms with Crippen molar-refractivity contribution in [2.45, 2.75) is 52.2 Å². The van der Waals surface area contributed by atoms with Gasteiger partial charge in [0.15, 0.2) is 0 Å². The molecule has 2 fully saturated rings. The molecule has 1 heterocycles. The van der Waals surface area contributed by atoms with Crippen LogP contribution in [-0.2, 0) is 4.74 Å². The number of hydrogen-bond acceptors (Lipinski definition) is 2. The number of hydrogen-bond donors (Lipinski definition) is 1. The molecule has 2 aliphatic rings. The van der Waals surface area contributed by atoms with Crippen molar-refractivity contribution in [1.29, 1.82) is 0 Å². The number of carbonyl (C=O) groups excluding carboxylic acids is 1. The largest absolute Gasteiger partial charge is 0.444 e. The lowest BCUT2D eigenvalue weighted by atomic mass is 9.57. The van der Waals surface area contributed by atoms with E-state index in [2.05, 4.69) is 26.1 Å². The Morgan fingerprint density at radius 2 is 2.00 bits per heavy atom. The number of carbonyl (C=O) groups is 1. The molecular weight excluding hydrogens is 178 g/mol. The molecule has 1 spiro atoms. The van der Waals surface area contributed by atoms with E-state index >= 15 is 0 Å². The van der Waals surface area contributed by atoms with Crippen LogP contribution >= 0.6 is 0 Å². The molecule has 3 heteroatoms. The van der Waals surface area contributed by atoms with E-state index in [1.807, 2.05) is 6.92 Å². The van der Waals surface area contributed by atoms with Gasteiger partial charge in [-0.15, -0.1) is 0 Å². The first-order chi connectivity index (χ1) is 6.33. The molecule has 80 valence electrons. The summed E-state index contributed by atoms with van der Waals surface area (Å²) in [6.45, 7) is 8.75. The van der Waals surface area contributed by atoms with Gasteiger partial charge in [-0.25, -0.2) is 4.79 Å². The SMILES string of the molecule is CC1OC(=O)NC12CC(C(C)(C)C)C2. The van der Waals surface area contributed by atoms with Gasteiger partial charge in [-0.2, -0.15) is 0 Å². The zero-order valence-corrected chi connectivity index (χ0v) is 9.39. The smallest absolute Gasteiger partial charge is 0.408 e. The number of ether oxygens (including phenoxy) is 1. The zero-order chi connectivity index (χ0) is 10.6. The molecule has 0 bridgehead atoms. The minimum absolute atomic E-state index is 0.0357. The van der Waals surface area contributed by atoms with Crippen LogP contribution in [0, 0.1) is 11.3 Å². The Hall–Kier alpha value is -0.730. The van der Waals surface area contributed by atoms with Gasteiger partial charge in [-0.3, -0.25) is 0 Å². The van der Waals surface area contributed by atoms with E-state index in [0.717, 1.165) is 12.8 Å². The highest BCUT2D eigenvalue weighted by Gasteiger charge is 2.57. The van der Waals surface area contributed by atoms with Crippen molar-refractivity contribution in [3.8, 4) is 0 Å². The van der Waals surface area contributed by atoms with Gasteiger partial charge in [0.05, 0.1) is 5.54 Å². The Kier molecular flexibility index (Phi) is 1.85. The van der Waals surface area contributed by atoms with Gasteiger partial charge in [0.1, 0.15) is 6.10 Å². The highest BCUT2D eigenvalue weighted by molar-refractivity contribution is 5.71. The summed E-state index contributed by atoms with van der Waals surface area (Å²) in [4.78, 5) is 11.1. The van der Waals surface area contributed by atoms with Crippen molar-refractivity contribution in [3.63, 3.8) is 0 Å². The van der Waals surface area contributed by atoms with E-state index in [0.29, 0.717) is 11.3 Å². The third-order valence-electron chi connectivity index (χ3n) is 3.86. The summed E-state index contributed by atoms with van der Waals surface area (Å²) in [5.41, 5.74) is 0.299. The Labute approximate surface area is 85.2 Å². The fraction of sp³-hybridized carbons (Fsp3) is 0.909. The first-order valence-corrected chi connectivity index (χ1v) is 5.32. The average Bonchev–Trinajstić information content (AvgIpc) is 2.19. The standard InChI is InChI=1S/C11H19NO2/c1-7-11(12-9(13)14-7)5-8(6-11)10(2,3)4/h7-8H,5-6H2,1-4H3,(H,12,13). The van der Waals surface area contributed by atoms with Crippen molar-refractivity contribution >= 4 is 6.09 Å². The molecule has 2 rings (SSSR count). The van der Waals surface area contributed by atoms with E-state index in [9.17, 15) is 4.79 Å². The average molecular weight is 197 g/mol. The van der Waals surface area contributed by atoms with Gasteiger partial charge in [-0.1, -0.05) is 20.8 Å². The first-order valence-electron chi connectivity index (χ1n) is 5.32. The second kappa shape index (κ2) is 2.65. The topological polar surface area (TPSA) is 38.3 Å². The third-order valence-corrected chi connectivity index (χ3v) is 3.86. The van der Waals surface area contributed by atoms with Crippen molar-refractivity contribution < 1.29 is 9.53 Å². The summed E-state index contributed by atoms with van der Waals surface area (Å²) in [6, 6.07) is 0. The third kappa shape index (κ3) is 1.30. The van der Waals surface area contributed by atoms with Gasteiger partial charge in [0.2, 0.25) is 0 Å². The molecule has 0 aromatic heterocycles. The van der Waals surface area contributed by atoms with Gasteiger partial charge in [0, 0.05) is 0 Å². The molecule has 1 unspecified atom stereocenters. The molecule has 1 amide bonds. The summed E-state index contributed by atoms with van der Waals surface area (Å²) in [6.07, 6.45) is 1.91. The molecule has 1 aliphatic carbocycles. The van der Waals surface area contributed by atoms with Crippen molar-refractivity contribution in [1.82, 2.24) is 5.32 Å². The van der Waals surface area contributed by atoms with Crippen LogP contribution in [0.3, 0.4) is 0 Å². The van der Waals surface area contributed by atoms with Crippen molar-refractivity contribution in [2.75, 3.05) is 0 Å². The second-order valence-corrected chi connectivity index (χ2v) is 5.80. The molecule has 1 aliphatic heterocycles. The maximum atomic E-state index is 11.1. The molecule has 1 N–H and O–H groups in total. The summed E-state index contributed by atoms with van der Waals surface area (Å²) in [5.74, 6) is 0.701. The van der Waals surface area contributed by atoms with Gasteiger partial charge in [0.25, 0.3) is 0 Å². The molecule has 0 aromatic rings. The van der Waals surface area contributed by atoms with Crippen molar-refractivity contribution in [3.05, 3.63) is 0 Å². The van der Waals surface area contributed by atoms with E-state index < -0.39 is 0 Å². The maximum Gasteiger partial charge on any atom is 0.408 e. The van der Waals surface area contributed by atoms with Gasteiger partial charge in [-0.05, 0) is 31.1 Å². The number of rotatable bonds is 0. The predicted molar refractivity (Wildman–Crippen MR) is 54.0 cm³/mol. The van der Waals surface area contributed by atoms with Crippen LogP contribution in [0.4, 0.5) is 4.79 Å². The number of nitrogens with one attached hydrogen (secondary N) is 1. The first kappa shape index (κ1) is 9.81. The molecule has 14 heavy (non-hydrogen) atoms. The Balaban J connectivity index is 2.02. The summed E-state index contributed by atoms with van der Waals surface area (Å²) >= 11 is 0.